The molecule has 1 fully saturated rings. The van der Waals surface area contributed by atoms with Gasteiger partial charge >= 0.3 is 0 Å². The molecule has 0 saturated carbocycles. The molecule has 0 atom stereocenters. The van der Waals surface area contributed by atoms with Crippen LogP contribution in [0.1, 0.15) is 33.8 Å². The summed E-state index contributed by atoms with van der Waals surface area (Å²) in [7, 11) is 1.95. The second-order valence-electron chi connectivity index (χ2n) is 8.37. The lowest BCUT2D eigenvalue weighted by molar-refractivity contribution is -0.00165. The number of para-hydroxylation sites is 1. The van der Waals surface area contributed by atoms with Crippen LogP contribution in [0.4, 0.5) is 0 Å². The fraction of sp³-hybridized carbons (Fsp3) is 0.292. The number of benzene rings is 2. The first-order chi connectivity index (χ1) is 15.0. The van der Waals surface area contributed by atoms with Gasteiger partial charge in [-0.05, 0) is 37.3 Å². The molecule has 4 aromatic rings. The predicted octanol–water partition coefficient (Wildman–Crippen LogP) is 4.53. The Morgan fingerprint density at radius 1 is 1.16 bits per heavy atom. The van der Waals surface area contributed by atoms with Crippen molar-refractivity contribution in [3.63, 3.8) is 0 Å². The van der Waals surface area contributed by atoms with Crippen LogP contribution in [-0.2, 0) is 12.6 Å². The topological polar surface area (TPSA) is 60.3 Å². The highest BCUT2D eigenvalue weighted by molar-refractivity contribution is 7.18. The molecule has 2 aliphatic rings. The quantitative estimate of drug-likeness (QED) is 0.445. The monoisotopic (exact) mass is 430 g/mol. The zero-order valence-corrected chi connectivity index (χ0v) is 18.3. The van der Waals surface area contributed by atoms with Crippen molar-refractivity contribution < 1.29 is 9.53 Å². The molecule has 2 aromatic heterocycles. The number of carbonyl (C=O) groups excluding carboxylic acids is 1. The number of likely N-dealkylation sites (tertiary alicyclic amines) is 1. The standard InChI is InChI=1S/C24H22N4O2S/c1-15-25-19-8-7-16(13-21(19)31-15)23(29)28-11-9-24(10-12-28)18-14-27(2)26-22(18)17-5-3-4-6-20(17)30-24/h3-8,13-14H,9-12H2,1-2H3. The molecule has 0 radical (unpaired) electrons. The van der Waals surface area contributed by atoms with Crippen molar-refractivity contribution in [3.05, 3.63) is 64.8 Å². The molecule has 4 heterocycles. The van der Waals surface area contributed by atoms with Gasteiger partial charge in [0.15, 0.2) is 0 Å². The average Bonchev–Trinajstić information content (AvgIpc) is 3.35. The van der Waals surface area contributed by atoms with Gasteiger partial charge < -0.3 is 9.64 Å². The minimum Gasteiger partial charge on any atom is -0.482 e. The lowest BCUT2D eigenvalue weighted by Gasteiger charge is -2.44. The van der Waals surface area contributed by atoms with Crippen LogP contribution in [0, 0.1) is 6.92 Å². The molecule has 7 heteroatoms. The number of nitrogens with zero attached hydrogens (tertiary/aromatic N) is 4. The first-order valence-corrected chi connectivity index (χ1v) is 11.3. The molecule has 6 rings (SSSR count). The van der Waals surface area contributed by atoms with Gasteiger partial charge in [0, 0.05) is 55.9 Å². The van der Waals surface area contributed by atoms with Gasteiger partial charge in [0.05, 0.1) is 15.2 Å². The summed E-state index contributed by atoms with van der Waals surface area (Å²) in [6, 6.07) is 13.9. The van der Waals surface area contributed by atoms with E-state index < -0.39 is 5.60 Å². The molecule has 1 amide bonds. The van der Waals surface area contributed by atoms with Gasteiger partial charge in [0.1, 0.15) is 17.0 Å². The van der Waals surface area contributed by atoms with Gasteiger partial charge in [-0.1, -0.05) is 12.1 Å². The largest absolute Gasteiger partial charge is 0.482 e. The maximum absolute atomic E-state index is 13.2. The second kappa shape index (κ2) is 6.65. The number of thiazole rings is 1. The second-order valence-corrected chi connectivity index (χ2v) is 9.60. The smallest absolute Gasteiger partial charge is 0.253 e. The van der Waals surface area contributed by atoms with Crippen molar-refractivity contribution in [1.82, 2.24) is 19.7 Å². The number of ether oxygens (including phenoxy) is 1. The average molecular weight is 431 g/mol. The number of hydrogen-bond donors (Lipinski definition) is 0. The van der Waals surface area contributed by atoms with E-state index in [0.29, 0.717) is 13.1 Å². The summed E-state index contributed by atoms with van der Waals surface area (Å²) in [4.78, 5) is 19.7. The molecule has 0 N–H and O–H groups in total. The molecule has 2 aliphatic heterocycles. The normalized spacial score (nSPS) is 16.8. The number of rotatable bonds is 1. The molecule has 156 valence electrons. The van der Waals surface area contributed by atoms with E-state index in [1.165, 1.54) is 0 Å². The maximum atomic E-state index is 13.2. The third-order valence-electron chi connectivity index (χ3n) is 6.37. The van der Waals surface area contributed by atoms with E-state index in [-0.39, 0.29) is 5.91 Å². The number of aromatic nitrogens is 3. The van der Waals surface area contributed by atoms with E-state index in [1.54, 1.807) is 11.3 Å². The summed E-state index contributed by atoms with van der Waals surface area (Å²) in [6.45, 7) is 3.29. The number of carbonyl (C=O) groups is 1. The van der Waals surface area contributed by atoms with Crippen LogP contribution in [0.15, 0.2) is 48.7 Å². The molecule has 2 aromatic carbocycles. The summed E-state index contributed by atoms with van der Waals surface area (Å²) in [5.74, 6) is 0.949. The van der Waals surface area contributed by atoms with Crippen molar-refractivity contribution in [2.75, 3.05) is 13.1 Å². The number of hydrogen-bond acceptors (Lipinski definition) is 5. The van der Waals surface area contributed by atoms with Crippen LogP contribution in [0.2, 0.25) is 0 Å². The lowest BCUT2D eigenvalue weighted by Crippen LogP contribution is -2.48. The van der Waals surface area contributed by atoms with E-state index in [4.69, 9.17) is 9.84 Å². The highest BCUT2D eigenvalue weighted by Gasteiger charge is 2.45. The third-order valence-corrected chi connectivity index (χ3v) is 7.30. The van der Waals surface area contributed by atoms with Crippen LogP contribution >= 0.6 is 11.3 Å². The Hall–Kier alpha value is -3.19. The molecule has 1 spiro atoms. The Balaban J connectivity index is 1.28. The van der Waals surface area contributed by atoms with Gasteiger partial charge in [-0.2, -0.15) is 5.10 Å². The van der Waals surface area contributed by atoms with E-state index in [1.807, 2.05) is 60.0 Å². The summed E-state index contributed by atoms with van der Waals surface area (Å²) >= 11 is 1.62. The number of fused-ring (bicyclic) bond motifs is 5. The molecule has 0 unspecified atom stereocenters. The van der Waals surface area contributed by atoms with Gasteiger partial charge in [-0.25, -0.2) is 4.98 Å². The van der Waals surface area contributed by atoms with Gasteiger partial charge in [-0.15, -0.1) is 11.3 Å². The molecular weight excluding hydrogens is 408 g/mol. The Morgan fingerprint density at radius 3 is 2.81 bits per heavy atom. The number of amides is 1. The highest BCUT2D eigenvalue weighted by Crippen LogP contribution is 2.49. The number of aryl methyl sites for hydroxylation is 2. The van der Waals surface area contributed by atoms with E-state index in [2.05, 4.69) is 17.2 Å². The SMILES string of the molecule is Cc1nc2ccc(C(=O)N3CCC4(CC3)Oc3ccccc3-c3nn(C)cc34)cc2s1. The molecule has 31 heavy (non-hydrogen) atoms. The Labute approximate surface area is 184 Å². The van der Waals surface area contributed by atoms with E-state index >= 15 is 0 Å². The van der Waals surface area contributed by atoms with Gasteiger partial charge in [-0.3, -0.25) is 9.48 Å². The summed E-state index contributed by atoms with van der Waals surface area (Å²) < 4.78 is 9.52. The van der Waals surface area contributed by atoms with Crippen LogP contribution in [0.25, 0.3) is 21.5 Å². The van der Waals surface area contributed by atoms with Crippen LogP contribution in [0.5, 0.6) is 5.75 Å². The van der Waals surface area contributed by atoms with Gasteiger partial charge in [0.25, 0.3) is 5.91 Å². The summed E-state index contributed by atoms with van der Waals surface area (Å²) in [5.41, 5.74) is 4.40. The maximum Gasteiger partial charge on any atom is 0.253 e. The molecule has 6 nitrogen and oxygen atoms in total. The van der Waals surface area contributed by atoms with Crippen LogP contribution < -0.4 is 4.74 Å². The van der Waals surface area contributed by atoms with Crippen LogP contribution in [0.3, 0.4) is 0 Å². The van der Waals surface area contributed by atoms with Crippen LogP contribution in [-0.4, -0.2) is 38.7 Å². The summed E-state index contributed by atoms with van der Waals surface area (Å²) in [5, 5.41) is 5.74. The minimum atomic E-state index is -0.437. The van der Waals surface area contributed by atoms with Crippen molar-refractivity contribution >= 4 is 27.5 Å². The van der Waals surface area contributed by atoms with E-state index in [0.717, 1.165) is 56.2 Å². The first kappa shape index (κ1) is 18.6. The fourth-order valence-corrected chi connectivity index (χ4v) is 5.70. The van der Waals surface area contributed by atoms with Crippen molar-refractivity contribution in [1.29, 1.82) is 0 Å². The zero-order chi connectivity index (χ0) is 21.2. The Kier molecular flexibility index (Phi) is 3.99. The third kappa shape index (κ3) is 2.87. The highest BCUT2D eigenvalue weighted by atomic mass is 32.1. The lowest BCUT2D eigenvalue weighted by atomic mass is 9.81. The minimum absolute atomic E-state index is 0.0745. The molecule has 0 bridgehead atoms. The Bertz CT molecular complexity index is 1330. The first-order valence-electron chi connectivity index (χ1n) is 10.5. The van der Waals surface area contributed by atoms with Crippen molar-refractivity contribution in [2.24, 2.45) is 7.05 Å². The van der Waals surface area contributed by atoms with Gasteiger partial charge in [0.2, 0.25) is 0 Å². The predicted molar refractivity (Wildman–Crippen MR) is 120 cm³/mol. The molecule has 0 aliphatic carbocycles. The van der Waals surface area contributed by atoms with E-state index in [9.17, 15) is 4.79 Å². The molecule has 1 saturated heterocycles. The van der Waals surface area contributed by atoms with Crippen molar-refractivity contribution in [3.8, 4) is 17.0 Å². The molecular formula is C24H22N4O2S. The summed E-state index contributed by atoms with van der Waals surface area (Å²) in [6.07, 6.45) is 3.56. The zero-order valence-electron chi connectivity index (χ0n) is 17.5. The van der Waals surface area contributed by atoms with Crippen molar-refractivity contribution in [2.45, 2.75) is 25.4 Å². The fourth-order valence-electron chi connectivity index (χ4n) is 4.84. The Morgan fingerprint density at radius 2 is 1.97 bits per heavy atom. The number of piperidine rings is 1.